The molecule has 2 aromatic rings. The number of pyridine rings is 1. The summed E-state index contributed by atoms with van der Waals surface area (Å²) in [6, 6.07) is 5.49. The number of H-pyrrole nitrogens is 1. The standard InChI is InChI=1S/C13H13NO3/c1-7(2)8-3-4-11-9(5-8)12(15)10(6-14-11)13(16)17/h3-7H,1-2H3,(H,14,15)(H,16,17). The minimum absolute atomic E-state index is 0.224. The molecule has 1 aromatic carbocycles. The Bertz CT molecular complexity index is 641. The molecular weight excluding hydrogens is 218 g/mol. The van der Waals surface area contributed by atoms with E-state index in [2.05, 4.69) is 4.98 Å². The second-order valence-corrected chi connectivity index (χ2v) is 4.30. The van der Waals surface area contributed by atoms with E-state index >= 15 is 0 Å². The maximum absolute atomic E-state index is 11.9. The third kappa shape index (κ3) is 1.93. The predicted octanol–water partition coefficient (Wildman–Crippen LogP) is 2.35. The highest BCUT2D eigenvalue weighted by atomic mass is 16.4. The van der Waals surface area contributed by atoms with E-state index in [9.17, 15) is 9.59 Å². The third-order valence-corrected chi connectivity index (χ3v) is 2.80. The normalized spacial score (nSPS) is 11.0. The number of aromatic nitrogens is 1. The van der Waals surface area contributed by atoms with Crippen molar-refractivity contribution in [2.75, 3.05) is 0 Å². The van der Waals surface area contributed by atoms with Crippen LogP contribution in [-0.2, 0) is 0 Å². The second kappa shape index (κ2) is 4.05. The van der Waals surface area contributed by atoms with E-state index in [0.717, 1.165) is 5.56 Å². The molecule has 4 heteroatoms. The zero-order valence-corrected chi connectivity index (χ0v) is 9.65. The Labute approximate surface area is 97.9 Å². The molecule has 0 aliphatic rings. The molecule has 17 heavy (non-hydrogen) atoms. The Morgan fingerprint density at radius 1 is 1.35 bits per heavy atom. The Morgan fingerprint density at radius 2 is 2.06 bits per heavy atom. The summed E-state index contributed by atoms with van der Waals surface area (Å²) in [6.45, 7) is 4.05. The Morgan fingerprint density at radius 3 is 2.65 bits per heavy atom. The quantitative estimate of drug-likeness (QED) is 0.833. The van der Waals surface area contributed by atoms with Crippen molar-refractivity contribution >= 4 is 16.9 Å². The lowest BCUT2D eigenvalue weighted by Gasteiger charge is -2.06. The Kier molecular flexibility index (Phi) is 2.71. The zero-order valence-electron chi connectivity index (χ0n) is 9.65. The van der Waals surface area contributed by atoms with E-state index in [4.69, 9.17) is 5.11 Å². The molecule has 0 radical (unpaired) electrons. The van der Waals surface area contributed by atoms with Gasteiger partial charge in [0.2, 0.25) is 5.43 Å². The smallest absolute Gasteiger partial charge is 0.341 e. The van der Waals surface area contributed by atoms with Crippen LogP contribution in [0.2, 0.25) is 0 Å². The van der Waals surface area contributed by atoms with Gasteiger partial charge in [-0.25, -0.2) is 4.79 Å². The number of carboxylic acids is 1. The number of hydrogen-bond acceptors (Lipinski definition) is 2. The van der Waals surface area contributed by atoms with Crippen LogP contribution < -0.4 is 5.43 Å². The number of fused-ring (bicyclic) bond motifs is 1. The summed E-state index contributed by atoms with van der Waals surface area (Å²) in [5.41, 5.74) is 1.02. The van der Waals surface area contributed by atoms with Gasteiger partial charge in [-0.3, -0.25) is 4.79 Å². The molecule has 1 heterocycles. The van der Waals surface area contributed by atoms with E-state index in [-0.39, 0.29) is 5.56 Å². The first-order valence-electron chi connectivity index (χ1n) is 5.39. The fourth-order valence-electron chi connectivity index (χ4n) is 1.75. The molecule has 4 nitrogen and oxygen atoms in total. The van der Waals surface area contributed by atoms with Crippen LogP contribution in [0.5, 0.6) is 0 Å². The number of hydrogen-bond donors (Lipinski definition) is 2. The van der Waals surface area contributed by atoms with E-state index in [0.29, 0.717) is 16.8 Å². The molecular formula is C13H13NO3. The lowest BCUT2D eigenvalue weighted by molar-refractivity contribution is 0.0695. The van der Waals surface area contributed by atoms with E-state index in [1.807, 2.05) is 19.9 Å². The number of benzene rings is 1. The molecule has 0 saturated heterocycles. The van der Waals surface area contributed by atoms with Gasteiger partial charge in [0.1, 0.15) is 5.56 Å². The van der Waals surface area contributed by atoms with Gasteiger partial charge in [-0.15, -0.1) is 0 Å². The average Bonchev–Trinajstić information content (AvgIpc) is 2.28. The zero-order chi connectivity index (χ0) is 12.6. The van der Waals surface area contributed by atoms with Gasteiger partial charge in [0.05, 0.1) is 0 Å². The molecule has 0 aliphatic carbocycles. The highest BCUT2D eigenvalue weighted by molar-refractivity contribution is 5.92. The molecule has 0 atom stereocenters. The van der Waals surface area contributed by atoms with Gasteiger partial charge in [0, 0.05) is 17.1 Å². The fourth-order valence-corrected chi connectivity index (χ4v) is 1.75. The van der Waals surface area contributed by atoms with Crippen molar-refractivity contribution in [1.29, 1.82) is 0 Å². The van der Waals surface area contributed by atoms with Gasteiger partial charge in [-0.2, -0.15) is 0 Å². The van der Waals surface area contributed by atoms with Crippen molar-refractivity contribution < 1.29 is 9.90 Å². The van der Waals surface area contributed by atoms with Crippen LogP contribution in [0.25, 0.3) is 10.9 Å². The number of aromatic amines is 1. The van der Waals surface area contributed by atoms with E-state index in [1.54, 1.807) is 12.1 Å². The SMILES string of the molecule is CC(C)c1ccc2[nH]cc(C(=O)O)c(=O)c2c1. The van der Waals surface area contributed by atoms with Gasteiger partial charge in [-0.1, -0.05) is 19.9 Å². The monoisotopic (exact) mass is 231 g/mol. The van der Waals surface area contributed by atoms with Gasteiger partial charge in [0.25, 0.3) is 0 Å². The highest BCUT2D eigenvalue weighted by Crippen LogP contribution is 2.18. The van der Waals surface area contributed by atoms with Crippen molar-refractivity contribution in [3.63, 3.8) is 0 Å². The highest BCUT2D eigenvalue weighted by Gasteiger charge is 2.12. The van der Waals surface area contributed by atoms with Crippen LogP contribution >= 0.6 is 0 Å². The summed E-state index contributed by atoms with van der Waals surface area (Å²) in [7, 11) is 0. The first kappa shape index (κ1) is 11.4. The molecule has 2 rings (SSSR count). The molecule has 88 valence electrons. The lowest BCUT2D eigenvalue weighted by Crippen LogP contribution is -2.15. The predicted molar refractivity (Wildman–Crippen MR) is 65.6 cm³/mol. The summed E-state index contributed by atoms with van der Waals surface area (Å²) < 4.78 is 0. The number of nitrogens with one attached hydrogen (secondary N) is 1. The number of carboxylic acid groups (broad SMARTS) is 1. The minimum atomic E-state index is -1.21. The van der Waals surface area contributed by atoms with E-state index < -0.39 is 11.4 Å². The van der Waals surface area contributed by atoms with Crippen molar-refractivity contribution in [3.05, 3.63) is 45.7 Å². The van der Waals surface area contributed by atoms with Gasteiger partial charge >= 0.3 is 5.97 Å². The van der Waals surface area contributed by atoms with Gasteiger partial charge in [0.15, 0.2) is 0 Å². The summed E-state index contributed by atoms with van der Waals surface area (Å²) in [5.74, 6) is -0.907. The largest absolute Gasteiger partial charge is 0.477 e. The molecule has 0 fully saturated rings. The van der Waals surface area contributed by atoms with Crippen LogP contribution in [0.4, 0.5) is 0 Å². The van der Waals surface area contributed by atoms with E-state index in [1.165, 1.54) is 6.20 Å². The molecule has 0 unspecified atom stereocenters. The Hall–Kier alpha value is -2.10. The first-order chi connectivity index (χ1) is 8.00. The van der Waals surface area contributed by atoms with Crippen LogP contribution in [0.3, 0.4) is 0 Å². The molecule has 0 saturated carbocycles. The van der Waals surface area contributed by atoms with Crippen molar-refractivity contribution in [1.82, 2.24) is 4.98 Å². The minimum Gasteiger partial charge on any atom is -0.477 e. The summed E-state index contributed by atoms with van der Waals surface area (Å²) >= 11 is 0. The molecule has 0 aliphatic heterocycles. The van der Waals surface area contributed by atoms with Gasteiger partial charge < -0.3 is 10.1 Å². The molecule has 0 bridgehead atoms. The fraction of sp³-hybridized carbons (Fsp3) is 0.231. The molecule has 2 N–H and O–H groups in total. The van der Waals surface area contributed by atoms with Crippen molar-refractivity contribution in [2.45, 2.75) is 19.8 Å². The number of aromatic carboxylic acids is 1. The lowest BCUT2D eigenvalue weighted by atomic mass is 10.0. The maximum Gasteiger partial charge on any atom is 0.341 e. The van der Waals surface area contributed by atoms with Crippen LogP contribution in [-0.4, -0.2) is 16.1 Å². The van der Waals surface area contributed by atoms with Crippen molar-refractivity contribution in [3.8, 4) is 0 Å². The Balaban J connectivity index is 2.78. The summed E-state index contributed by atoms with van der Waals surface area (Å²) in [5, 5.41) is 9.31. The van der Waals surface area contributed by atoms with Crippen LogP contribution in [0.1, 0.15) is 35.7 Å². The first-order valence-corrected chi connectivity index (χ1v) is 5.39. The topological polar surface area (TPSA) is 70.2 Å². The third-order valence-electron chi connectivity index (χ3n) is 2.80. The maximum atomic E-state index is 11.9. The second-order valence-electron chi connectivity index (χ2n) is 4.30. The van der Waals surface area contributed by atoms with Crippen LogP contribution in [0.15, 0.2) is 29.2 Å². The van der Waals surface area contributed by atoms with Crippen LogP contribution in [0, 0.1) is 0 Å². The summed E-state index contributed by atoms with van der Waals surface area (Å²) in [4.78, 5) is 25.6. The number of carbonyl (C=O) groups is 1. The number of rotatable bonds is 2. The molecule has 0 amide bonds. The molecule has 1 aromatic heterocycles. The van der Waals surface area contributed by atoms with Gasteiger partial charge in [-0.05, 0) is 23.6 Å². The molecule has 0 spiro atoms. The average molecular weight is 231 g/mol. The summed E-state index contributed by atoms with van der Waals surface area (Å²) in [6.07, 6.45) is 1.24. The van der Waals surface area contributed by atoms with Crippen molar-refractivity contribution in [2.24, 2.45) is 0 Å².